The van der Waals surface area contributed by atoms with E-state index in [-0.39, 0.29) is 12.1 Å². The first-order valence-electron chi connectivity index (χ1n) is 8.03. The van der Waals surface area contributed by atoms with Crippen LogP contribution in [0.25, 0.3) is 0 Å². The number of aryl methyl sites for hydroxylation is 1. The molecule has 0 bridgehead atoms. The summed E-state index contributed by atoms with van der Waals surface area (Å²) in [4.78, 5) is 20.5. The summed E-state index contributed by atoms with van der Waals surface area (Å²) in [7, 11) is 1.60. The van der Waals surface area contributed by atoms with Crippen molar-refractivity contribution in [2.75, 3.05) is 12.4 Å². The summed E-state index contributed by atoms with van der Waals surface area (Å²) in [5, 5.41) is 5.85. The van der Waals surface area contributed by atoms with Gasteiger partial charge in [-0.1, -0.05) is 30.7 Å². The minimum absolute atomic E-state index is 0.0141. The lowest BCUT2D eigenvalue weighted by Gasteiger charge is -2.19. The zero-order chi connectivity index (χ0) is 17.1. The largest absolute Gasteiger partial charge is 0.378 e. The lowest BCUT2D eigenvalue weighted by molar-refractivity contribution is 0.181. The van der Waals surface area contributed by atoms with Gasteiger partial charge in [0, 0.05) is 13.2 Å². The molecule has 0 fully saturated rings. The van der Waals surface area contributed by atoms with Crippen LogP contribution in [0, 0.1) is 12.8 Å². The molecule has 1 aliphatic rings. The molecule has 1 aromatic heterocycles. The van der Waals surface area contributed by atoms with Crippen molar-refractivity contribution in [1.29, 1.82) is 0 Å². The van der Waals surface area contributed by atoms with Crippen molar-refractivity contribution in [2.45, 2.75) is 32.9 Å². The van der Waals surface area contributed by atoms with Crippen LogP contribution >= 0.6 is 0 Å². The first-order valence-corrected chi connectivity index (χ1v) is 8.03. The SMILES string of the molecule is COCc1cc(NC(=O)N[C@@H]2c3cc(C)ccc3C[C@@H]2C)ncn1. The summed E-state index contributed by atoms with van der Waals surface area (Å²) in [5.41, 5.74) is 4.44. The Morgan fingerprint density at radius 1 is 1.33 bits per heavy atom. The van der Waals surface area contributed by atoms with Gasteiger partial charge < -0.3 is 10.1 Å². The third-order valence-corrected chi connectivity index (χ3v) is 4.29. The van der Waals surface area contributed by atoms with Gasteiger partial charge >= 0.3 is 6.03 Å². The maximum absolute atomic E-state index is 12.4. The van der Waals surface area contributed by atoms with Gasteiger partial charge in [0.15, 0.2) is 0 Å². The Balaban J connectivity index is 1.69. The number of carbonyl (C=O) groups excluding carboxylic acids is 1. The first-order chi connectivity index (χ1) is 11.6. The zero-order valence-electron chi connectivity index (χ0n) is 14.2. The highest BCUT2D eigenvalue weighted by Gasteiger charge is 2.30. The van der Waals surface area contributed by atoms with E-state index < -0.39 is 0 Å². The summed E-state index contributed by atoms with van der Waals surface area (Å²) >= 11 is 0. The molecule has 2 N–H and O–H groups in total. The number of nitrogens with zero attached hydrogens (tertiary/aromatic N) is 2. The van der Waals surface area contributed by atoms with E-state index in [1.54, 1.807) is 13.2 Å². The van der Waals surface area contributed by atoms with Gasteiger partial charge in [0.05, 0.1) is 18.3 Å². The highest BCUT2D eigenvalue weighted by atomic mass is 16.5. The van der Waals surface area contributed by atoms with E-state index in [0.29, 0.717) is 18.3 Å². The molecule has 0 saturated heterocycles. The number of aromatic nitrogens is 2. The van der Waals surface area contributed by atoms with Crippen LogP contribution < -0.4 is 10.6 Å². The van der Waals surface area contributed by atoms with Gasteiger partial charge in [-0.3, -0.25) is 5.32 Å². The van der Waals surface area contributed by atoms with Crippen molar-refractivity contribution in [1.82, 2.24) is 15.3 Å². The number of urea groups is 1. The van der Waals surface area contributed by atoms with E-state index in [2.05, 4.69) is 52.6 Å². The number of fused-ring (bicyclic) bond motifs is 1. The topological polar surface area (TPSA) is 76.1 Å². The van der Waals surface area contributed by atoms with Gasteiger partial charge in [-0.15, -0.1) is 0 Å². The Bertz CT molecular complexity index is 748. The molecule has 1 aromatic carbocycles. The molecule has 1 heterocycles. The normalized spacial score (nSPS) is 19.0. The molecule has 0 saturated carbocycles. The van der Waals surface area contributed by atoms with Gasteiger partial charge in [-0.05, 0) is 30.4 Å². The lowest BCUT2D eigenvalue weighted by Crippen LogP contribution is -2.34. The van der Waals surface area contributed by atoms with E-state index in [9.17, 15) is 4.79 Å². The van der Waals surface area contributed by atoms with E-state index in [0.717, 1.165) is 12.1 Å². The highest BCUT2D eigenvalue weighted by Crippen LogP contribution is 2.36. The number of hydrogen-bond donors (Lipinski definition) is 2. The molecule has 3 rings (SSSR count). The molecular formula is C18H22N4O2. The number of benzene rings is 1. The van der Waals surface area contributed by atoms with Gasteiger partial charge in [-0.2, -0.15) is 0 Å². The third kappa shape index (κ3) is 3.54. The fourth-order valence-corrected chi connectivity index (χ4v) is 3.17. The average molecular weight is 326 g/mol. The number of ether oxygens (including phenoxy) is 1. The van der Waals surface area contributed by atoms with Crippen LogP contribution in [-0.4, -0.2) is 23.1 Å². The number of nitrogens with one attached hydrogen (secondary N) is 2. The minimum atomic E-state index is -0.261. The molecule has 126 valence electrons. The monoisotopic (exact) mass is 326 g/mol. The zero-order valence-corrected chi connectivity index (χ0v) is 14.2. The summed E-state index contributed by atoms with van der Waals surface area (Å²) in [5.74, 6) is 0.826. The molecule has 24 heavy (non-hydrogen) atoms. The standard InChI is InChI=1S/C18H22N4O2/c1-11-4-5-13-7-12(2)17(15(13)6-11)22-18(23)21-16-8-14(9-24-3)19-10-20-16/h4-6,8,10,12,17H,7,9H2,1-3H3,(H2,19,20,21,22,23)/t12-,17-/m0/s1. The fraction of sp³-hybridized carbons (Fsp3) is 0.389. The van der Waals surface area contributed by atoms with Crippen LogP contribution in [0.3, 0.4) is 0 Å². The van der Waals surface area contributed by atoms with Gasteiger partial charge in [0.2, 0.25) is 0 Å². The summed E-state index contributed by atoms with van der Waals surface area (Å²) in [6.45, 7) is 4.60. The van der Waals surface area contributed by atoms with E-state index in [1.807, 2.05) is 0 Å². The van der Waals surface area contributed by atoms with Crippen molar-refractivity contribution in [3.05, 3.63) is 53.0 Å². The predicted octanol–water partition coefficient (Wildman–Crippen LogP) is 2.99. The smallest absolute Gasteiger partial charge is 0.320 e. The van der Waals surface area contributed by atoms with Crippen LogP contribution in [-0.2, 0) is 17.8 Å². The quantitative estimate of drug-likeness (QED) is 0.905. The average Bonchev–Trinajstić information content (AvgIpc) is 2.84. The Hall–Kier alpha value is -2.47. The molecule has 0 unspecified atom stereocenters. The summed E-state index contributed by atoms with van der Waals surface area (Å²) in [6.07, 6.45) is 2.40. The summed E-state index contributed by atoms with van der Waals surface area (Å²) in [6, 6.07) is 7.89. The van der Waals surface area contributed by atoms with Crippen molar-refractivity contribution in [2.24, 2.45) is 5.92 Å². The van der Waals surface area contributed by atoms with Gasteiger partial charge in [0.1, 0.15) is 12.1 Å². The predicted molar refractivity (Wildman–Crippen MR) is 91.7 cm³/mol. The maximum atomic E-state index is 12.4. The van der Waals surface area contributed by atoms with Gasteiger partial charge in [0.25, 0.3) is 0 Å². The van der Waals surface area contributed by atoms with Crippen LogP contribution in [0.15, 0.2) is 30.6 Å². The molecule has 2 amide bonds. The van der Waals surface area contributed by atoms with Crippen LogP contribution in [0.2, 0.25) is 0 Å². The van der Waals surface area contributed by atoms with Crippen LogP contribution in [0.5, 0.6) is 0 Å². The number of methoxy groups -OCH3 is 1. The molecule has 0 aliphatic heterocycles. The molecule has 6 nitrogen and oxygen atoms in total. The van der Waals surface area contributed by atoms with Crippen molar-refractivity contribution in [3.8, 4) is 0 Å². The molecule has 6 heteroatoms. The lowest BCUT2D eigenvalue weighted by atomic mass is 10.0. The van der Waals surface area contributed by atoms with Crippen molar-refractivity contribution in [3.63, 3.8) is 0 Å². The minimum Gasteiger partial charge on any atom is -0.378 e. The van der Waals surface area contributed by atoms with Crippen molar-refractivity contribution >= 4 is 11.8 Å². The first kappa shape index (κ1) is 16.4. The Labute approximate surface area is 141 Å². The molecule has 1 aliphatic carbocycles. The Morgan fingerprint density at radius 3 is 2.96 bits per heavy atom. The number of rotatable bonds is 4. The van der Waals surface area contributed by atoms with E-state index in [4.69, 9.17) is 4.74 Å². The van der Waals surface area contributed by atoms with E-state index >= 15 is 0 Å². The third-order valence-electron chi connectivity index (χ3n) is 4.29. The van der Waals surface area contributed by atoms with Crippen LogP contribution in [0.1, 0.15) is 35.3 Å². The molecule has 0 radical (unpaired) electrons. The number of amides is 2. The molecular weight excluding hydrogens is 304 g/mol. The molecule has 2 aromatic rings. The van der Waals surface area contributed by atoms with E-state index in [1.165, 1.54) is 23.0 Å². The number of anilines is 1. The molecule has 2 atom stereocenters. The number of carbonyl (C=O) groups is 1. The second kappa shape index (κ2) is 6.97. The number of hydrogen-bond acceptors (Lipinski definition) is 4. The second-order valence-electron chi connectivity index (χ2n) is 6.29. The van der Waals surface area contributed by atoms with Crippen LogP contribution in [0.4, 0.5) is 10.6 Å². The fourth-order valence-electron chi connectivity index (χ4n) is 3.17. The highest BCUT2D eigenvalue weighted by molar-refractivity contribution is 5.88. The maximum Gasteiger partial charge on any atom is 0.320 e. The summed E-state index contributed by atoms with van der Waals surface area (Å²) < 4.78 is 5.04. The van der Waals surface area contributed by atoms with Gasteiger partial charge in [-0.25, -0.2) is 14.8 Å². The second-order valence-corrected chi connectivity index (χ2v) is 6.29. The van der Waals surface area contributed by atoms with Crippen molar-refractivity contribution < 1.29 is 9.53 Å². The Kier molecular flexibility index (Phi) is 4.76. The molecule has 0 spiro atoms. The Morgan fingerprint density at radius 2 is 2.17 bits per heavy atom.